The number of hydrogen-bond donors (Lipinski definition) is 1. The van der Waals surface area contributed by atoms with Crippen molar-refractivity contribution >= 4 is 49.3 Å². The van der Waals surface area contributed by atoms with Gasteiger partial charge in [0.15, 0.2) is 0 Å². The third-order valence-electron chi connectivity index (χ3n) is 4.73. The van der Waals surface area contributed by atoms with E-state index < -0.39 is 0 Å². The Bertz CT molecular complexity index is 1370. The summed E-state index contributed by atoms with van der Waals surface area (Å²) in [4.78, 5) is 16.2. The molecule has 0 unspecified atom stereocenters. The van der Waals surface area contributed by atoms with Gasteiger partial charge in [-0.3, -0.25) is 4.98 Å². The molecule has 1 N–H and O–H groups in total. The van der Waals surface area contributed by atoms with Crippen molar-refractivity contribution in [1.29, 1.82) is 0 Å². The highest BCUT2D eigenvalue weighted by Crippen LogP contribution is 2.37. The van der Waals surface area contributed by atoms with E-state index >= 15 is 0 Å². The molecule has 0 radical (unpaired) electrons. The first-order valence-electron chi connectivity index (χ1n) is 8.91. The van der Waals surface area contributed by atoms with Crippen LogP contribution in [-0.2, 0) is 0 Å². The van der Waals surface area contributed by atoms with Crippen LogP contribution >= 0.6 is 27.5 Å². The number of benzene rings is 2. The molecule has 29 heavy (non-hydrogen) atoms. The molecule has 0 aliphatic carbocycles. The molecule has 0 atom stereocenters. The molecule has 0 fully saturated rings. The van der Waals surface area contributed by atoms with Gasteiger partial charge in [0.1, 0.15) is 5.75 Å². The second-order valence-electron chi connectivity index (χ2n) is 6.63. The second kappa shape index (κ2) is 7.13. The molecule has 2 aromatic carbocycles. The van der Waals surface area contributed by atoms with Crippen molar-refractivity contribution in [2.75, 3.05) is 0 Å². The Morgan fingerprint density at radius 3 is 2.62 bits per heavy atom. The van der Waals surface area contributed by atoms with Gasteiger partial charge in [0.05, 0.1) is 21.2 Å². The molecule has 0 amide bonds. The fourth-order valence-corrected chi connectivity index (χ4v) is 3.86. The number of aromatic amines is 1. The zero-order valence-electron chi connectivity index (χ0n) is 15.3. The molecule has 3 aromatic heterocycles. The first-order chi connectivity index (χ1) is 14.1. The molecule has 7 heteroatoms. The van der Waals surface area contributed by atoms with Crippen LogP contribution in [-0.4, -0.2) is 19.9 Å². The number of nitrogens with zero attached hydrogens (tertiary/aromatic N) is 3. The standard InChI is InChI=1S/C22H14BrClN4O/c1-12-20-17(5-6-25-12)19-9-15(24)8-18(21(19)28-20)13-3-2-4-16(7-13)29-22-26-10-14(23)11-27-22/h2-11,28H,1H3. The molecule has 5 nitrogen and oxygen atoms in total. The fourth-order valence-electron chi connectivity index (χ4n) is 3.44. The van der Waals surface area contributed by atoms with Gasteiger partial charge in [-0.2, -0.15) is 0 Å². The van der Waals surface area contributed by atoms with Crippen LogP contribution in [0.1, 0.15) is 5.69 Å². The topological polar surface area (TPSA) is 63.7 Å². The summed E-state index contributed by atoms with van der Waals surface area (Å²) in [5, 5.41) is 2.84. The third-order valence-corrected chi connectivity index (χ3v) is 5.36. The predicted octanol–water partition coefficient (Wildman–Crippen LogP) is 6.69. The van der Waals surface area contributed by atoms with Crippen molar-refractivity contribution in [3.8, 4) is 22.9 Å². The van der Waals surface area contributed by atoms with Crippen molar-refractivity contribution < 1.29 is 4.74 Å². The summed E-state index contributed by atoms with van der Waals surface area (Å²) in [6.07, 6.45) is 5.11. The molecular weight excluding hydrogens is 452 g/mol. The van der Waals surface area contributed by atoms with Gasteiger partial charge in [-0.1, -0.05) is 23.7 Å². The molecule has 0 bridgehead atoms. The predicted molar refractivity (Wildman–Crippen MR) is 119 cm³/mol. The molecule has 5 rings (SSSR count). The maximum Gasteiger partial charge on any atom is 0.321 e. The molecule has 142 valence electrons. The summed E-state index contributed by atoms with van der Waals surface area (Å²) in [7, 11) is 0. The molecule has 5 aromatic rings. The smallest absolute Gasteiger partial charge is 0.321 e. The van der Waals surface area contributed by atoms with Gasteiger partial charge in [-0.25, -0.2) is 9.97 Å². The Hall–Kier alpha value is -2.96. The first kappa shape index (κ1) is 18.1. The van der Waals surface area contributed by atoms with Gasteiger partial charge >= 0.3 is 6.01 Å². The van der Waals surface area contributed by atoms with E-state index in [2.05, 4.69) is 35.9 Å². The van der Waals surface area contributed by atoms with E-state index in [-0.39, 0.29) is 6.01 Å². The summed E-state index contributed by atoms with van der Waals surface area (Å²) in [6.45, 7) is 1.99. The lowest BCUT2D eigenvalue weighted by Gasteiger charge is -2.08. The van der Waals surface area contributed by atoms with Gasteiger partial charge in [-0.15, -0.1) is 0 Å². The third kappa shape index (κ3) is 3.34. The van der Waals surface area contributed by atoms with Crippen molar-refractivity contribution in [3.05, 3.63) is 76.2 Å². The molecule has 0 spiro atoms. The number of aryl methyl sites for hydroxylation is 1. The van der Waals surface area contributed by atoms with E-state index in [1.54, 1.807) is 12.4 Å². The minimum atomic E-state index is 0.286. The van der Waals surface area contributed by atoms with Crippen molar-refractivity contribution in [1.82, 2.24) is 19.9 Å². The van der Waals surface area contributed by atoms with Gasteiger partial charge < -0.3 is 9.72 Å². The molecule has 0 aliphatic rings. The monoisotopic (exact) mass is 464 g/mol. The van der Waals surface area contributed by atoms with E-state index in [9.17, 15) is 0 Å². The average Bonchev–Trinajstić information content (AvgIpc) is 3.09. The number of pyridine rings is 1. The summed E-state index contributed by atoms with van der Waals surface area (Å²) in [6, 6.07) is 14.0. The average molecular weight is 466 g/mol. The van der Waals surface area contributed by atoms with Crippen LogP contribution in [0.4, 0.5) is 0 Å². The van der Waals surface area contributed by atoms with Crippen LogP contribution in [0.2, 0.25) is 5.02 Å². The largest absolute Gasteiger partial charge is 0.424 e. The second-order valence-corrected chi connectivity index (χ2v) is 7.99. The molecule has 0 saturated carbocycles. The zero-order chi connectivity index (χ0) is 20.0. The Balaban J connectivity index is 1.65. The van der Waals surface area contributed by atoms with E-state index in [0.29, 0.717) is 10.8 Å². The minimum absolute atomic E-state index is 0.286. The Morgan fingerprint density at radius 2 is 1.79 bits per heavy atom. The maximum absolute atomic E-state index is 6.47. The molecule has 0 saturated heterocycles. The number of hydrogen-bond acceptors (Lipinski definition) is 4. The minimum Gasteiger partial charge on any atom is -0.424 e. The lowest BCUT2D eigenvalue weighted by Crippen LogP contribution is -1.91. The highest BCUT2D eigenvalue weighted by molar-refractivity contribution is 9.10. The number of aromatic nitrogens is 4. The van der Waals surface area contributed by atoms with Gasteiger partial charge in [-0.05, 0) is 58.7 Å². The zero-order valence-corrected chi connectivity index (χ0v) is 17.6. The van der Waals surface area contributed by atoms with Crippen molar-refractivity contribution in [2.24, 2.45) is 0 Å². The number of halogens is 2. The Morgan fingerprint density at radius 1 is 0.966 bits per heavy atom. The highest BCUT2D eigenvalue weighted by Gasteiger charge is 2.14. The summed E-state index contributed by atoms with van der Waals surface area (Å²) in [5.41, 5.74) is 4.94. The van der Waals surface area contributed by atoms with Crippen molar-refractivity contribution in [2.45, 2.75) is 6.92 Å². The first-order valence-corrected chi connectivity index (χ1v) is 10.1. The van der Waals surface area contributed by atoms with Gasteiger partial charge in [0.25, 0.3) is 0 Å². The quantitative estimate of drug-likeness (QED) is 0.322. The lowest BCUT2D eigenvalue weighted by atomic mass is 10.0. The molecule has 3 heterocycles. The van der Waals surface area contributed by atoms with Crippen LogP contribution < -0.4 is 4.74 Å². The van der Waals surface area contributed by atoms with Crippen LogP contribution in [0.15, 0.2) is 65.5 Å². The van der Waals surface area contributed by atoms with Crippen LogP contribution in [0.5, 0.6) is 11.8 Å². The number of fused-ring (bicyclic) bond motifs is 3. The normalized spacial score (nSPS) is 11.3. The highest BCUT2D eigenvalue weighted by atomic mass is 79.9. The van der Waals surface area contributed by atoms with Crippen molar-refractivity contribution in [3.63, 3.8) is 0 Å². The number of ether oxygens (including phenoxy) is 1. The summed E-state index contributed by atoms with van der Waals surface area (Å²) < 4.78 is 6.61. The fraction of sp³-hybridized carbons (Fsp3) is 0.0455. The van der Waals surface area contributed by atoms with E-state index in [4.69, 9.17) is 16.3 Å². The van der Waals surface area contributed by atoms with Crippen LogP contribution in [0.3, 0.4) is 0 Å². The molecule has 0 aliphatic heterocycles. The van der Waals surface area contributed by atoms with E-state index in [0.717, 1.165) is 43.1 Å². The maximum atomic E-state index is 6.47. The van der Waals surface area contributed by atoms with Crippen LogP contribution in [0, 0.1) is 6.92 Å². The van der Waals surface area contributed by atoms with E-state index in [1.807, 2.05) is 55.6 Å². The number of H-pyrrole nitrogens is 1. The Labute approximate surface area is 179 Å². The van der Waals surface area contributed by atoms with E-state index in [1.165, 1.54) is 0 Å². The summed E-state index contributed by atoms with van der Waals surface area (Å²) >= 11 is 9.79. The molecular formula is C22H14BrClN4O. The lowest BCUT2D eigenvalue weighted by molar-refractivity contribution is 0.441. The Kier molecular flexibility index (Phi) is 4.45. The van der Waals surface area contributed by atoms with Crippen LogP contribution in [0.25, 0.3) is 32.9 Å². The summed E-state index contributed by atoms with van der Waals surface area (Å²) in [5.74, 6) is 0.645. The number of rotatable bonds is 3. The van der Waals surface area contributed by atoms with Gasteiger partial charge in [0, 0.05) is 39.9 Å². The SMILES string of the molecule is Cc1nccc2c1[nH]c1c(-c3cccc(Oc4ncc(Br)cn4)c3)cc(Cl)cc12. The van der Waals surface area contributed by atoms with Gasteiger partial charge in [0.2, 0.25) is 0 Å². The number of nitrogens with one attached hydrogen (secondary N) is 1.